The molecule has 0 saturated carbocycles. The van der Waals surface area contributed by atoms with Gasteiger partial charge >= 0.3 is 17.9 Å². The molecule has 0 aromatic carbocycles. The highest BCUT2D eigenvalue weighted by atomic mass is 16.6. The molecule has 0 fully saturated rings. The van der Waals surface area contributed by atoms with Crippen molar-refractivity contribution in [3.63, 3.8) is 0 Å². The maximum atomic E-state index is 12.9. The van der Waals surface area contributed by atoms with Crippen LogP contribution in [0, 0.1) is 0 Å². The molecule has 436 valence electrons. The summed E-state index contributed by atoms with van der Waals surface area (Å²) in [6.07, 6.45) is 76.4. The van der Waals surface area contributed by atoms with Crippen molar-refractivity contribution in [1.82, 2.24) is 0 Å². The Morgan fingerprint density at radius 1 is 0.270 bits per heavy atom. The standard InChI is InChI=1S/C68H128O6/c1-4-7-10-13-16-19-22-24-26-28-29-30-31-32-33-34-35-36-37-38-39-41-42-44-46-49-52-55-58-61-67(70)73-64-65(63-72-66(69)60-57-54-51-48-21-18-15-12-9-6-3)74-68(71)62-59-56-53-50-47-45-43-40-27-25-23-20-17-14-11-8-5-2/h17,20,25,27,65H,4-16,18-19,21-24,26,28-64H2,1-3H3/b20-17-,27-25-. The molecule has 0 aromatic rings. The van der Waals surface area contributed by atoms with Gasteiger partial charge in [0, 0.05) is 19.3 Å². The van der Waals surface area contributed by atoms with Gasteiger partial charge in [-0.05, 0) is 51.4 Å². The zero-order chi connectivity index (χ0) is 53.6. The first-order chi connectivity index (χ1) is 36.5. The minimum absolute atomic E-state index is 0.0688. The molecule has 0 saturated heterocycles. The summed E-state index contributed by atoms with van der Waals surface area (Å²) >= 11 is 0. The smallest absolute Gasteiger partial charge is 0.306 e. The molecule has 0 aliphatic carbocycles. The highest BCUT2D eigenvalue weighted by Crippen LogP contribution is 2.18. The number of carbonyl (C=O) groups is 3. The SMILES string of the molecule is CCCCC/C=C\C/C=C\CCCCCCCCCC(=O)OC(COC(=O)CCCCCCCCCCCC)COC(=O)CCCCCCCCCCCCCCCCCCCCCCCCCCCCCCC. The lowest BCUT2D eigenvalue weighted by Crippen LogP contribution is -2.30. The van der Waals surface area contributed by atoms with E-state index in [4.69, 9.17) is 14.2 Å². The van der Waals surface area contributed by atoms with Crippen LogP contribution in [0.25, 0.3) is 0 Å². The minimum Gasteiger partial charge on any atom is -0.462 e. The molecule has 0 radical (unpaired) electrons. The van der Waals surface area contributed by atoms with Crippen LogP contribution >= 0.6 is 0 Å². The second-order valence-electron chi connectivity index (χ2n) is 22.7. The highest BCUT2D eigenvalue weighted by molar-refractivity contribution is 5.71. The third-order valence-corrected chi connectivity index (χ3v) is 15.2. The summed E-state index contributed by atoms with van der Waals surface area (Å²) in [5.41, 5.74) is 0. The molecule has 0 spiro atoms. The Morgan fingerprint density at radius 2 is 0.486 bits per heavy atom. The first kappa shape index (κ1) is 71.9. The van der Waals surface area contributed by atoms with Gasteiger partial charge in [0.2, 0.25) is 0 Å². The predicted octanol–water partition coefficient (Wildman–Crippen LogP) is 22.6. The summed E-state index contributed by atoms with van der Waals surface area (Å²) in [5, 5.41) is 0. The quantitative estimate of drug-likeness (QED) is 0.0261. The molecule has 0 amide bonds. The molecule has 6 heteroatoms. The zero-order valence-corrected chi connectivity index (χ0v) is 50.1. The number of allylic oxidation sites excluding steroid dienone is 4. The summed E-state index contributed by atoms with van der Waals surface area (Å²) in [6.45, 7) is 6.66. The Kier molecular flexibility index (Phi) is 61.6. The van der Waals surface area contributed by atoms with Gasteiger partial charge in [0.25, 0.3) is 0 Å². The van der Waals surface area contributed by atoms with Crippen LogP contribution in [0.4, 0.5) is 0 Å². The van der Waals surface area contributed by atoms with E-state index in [1.807, 2.05) is 0 Å². The van der Waals surface area contributed by atoms with E-state index >= 15 is 0 Å². The predicted molar refractivity (Wildman–Crippen MR) is 321 cm³/mol. The van der Waals surface area contributed by atoms with Crippen molar-refractivity contribution >= 4 is 17.9 Å². The van der Waals surface area contributed by atoms with Gasteiger partial charge in [-0.15, -0.1) is 0 Å². The maximum Gasteiger partial charge on any atom is 0.306 e. The van der Waals surface area contributed by atoms with Gasteiger partial charge in [-0.1, -0.05) is 328 Å². The average Bonchev–Trinajstić information content (AvgIpc) is 3.40. The molecule has 1 unspecified atom stereocenters. The minimum atomic E-state index is -0.771. The van der Waals surface area contributed by atoms with E-state index in [2.05, 4.69) is 45.1 Å². The van der Waals surface area contributed by atoms with E-state index in [9.17, 15) is 14.4 Å². The third kappa shape index (κ3) is 60.8. The van der Waals surface area contributed by atoms with E-state index in [0.717, 1.165) is 70.6 Å². The molecule has 0 N–H and O–H groups in total. The maximum absolute atomic E-state index is 12.9. The zero-order valence-electron chi connectivity index (χ0n) is 50.1. The Bertz CT molecular complexity index is 1190. The number of hydrogen-bond donors (Lipinski definition) is 0. The van der Waals surface area contributed by atoms with E-state index < -0.39 is 6.10 Å². The Morgan fingerprint density at radius 3 is 0.770 bits per heavy atom. The highest BCUT2D eigenvalue weighted by Gasteiger charge is 2.19. The summed E-state index contributed by atoms with van der Waals surface area (Å²) < 4.78 is 16.9. The van der Waals surface area contributed by atoms with Crippen molar-refractivity contribution < 1.29 is 28.6 Å². The number of ether oxygens (including phenoxy) is 3. The average molecular weight is 1040 g/mol. The molecule has 6 nitrogen and oxygen atoms in total. The molecule has 0 aliphatic heterocycles. The molecule has 74 heavy (non-hydrogen) atoms. The van der Waals surface area contributed by atoms with E-state index in [1.54, 1.807) is 0 Å². The van der Waals surface area contributed by atoms with Crippen molar-refractivity contribution in [2.45, 2.75) is 380 Å². The van der Waals surface area contributed by atoms with Gasteiger partial charge in [-0.3, -0.25) is 14.4 Å². The number of rotatable bonds is 62. The Hall–Kier alpha value is -2.11. The van der Waals surface area contributed by atoms with Crippen LogP contribution in [-0.2, 0) is 28.6 Å². The number of esters is 3. The van der Waals surface area contributed by atoms with Crippen LogP contribution in [0.2, 0.25) is 0 Å². The van der Waals surface area contributed by atoms with Crippen molar-refractivity contribution in [3.8, 4) is 0 Å². The number of hydrogen-bond acceptors (Lipinski definition) is 6. The lowest BCUT2D eigenvalue weighted by Gasteiger charge is -2.18. The van der Waals surface area contributed by atoms with Crippen LogP contribution in [0.3, 0.4) is 0 Å². The largest absolute Gasteiger partial charge is 0.462 e. The van der Waals surface area contributed by atoms with E-state index in [-0.39, 0.29) is 31.1 Å². The van der Waals surface area contributed by atoms with Crippen molar-refractivity contribution in [2.24, 2.45) is 0 Å². The van der Waals surface area contributed by atoms with Gasteiger partial charge in [0.15, 0.2) is 6.10 Å². The van der Waals surface area contributed by atoms with Crippen molar-refractivity contribution in [2.75, 3.05) is 13.2 Å². The van der Waals surface area contributed by atoms with Crippen LogP contribution in [0.15, 0.2) is 24.3 Å². The van der Waals surface area contributed by atoms with E-state index in [1.165, 1.54) is 263 Å². The topological polar surface area (TPSA) is 78.9 Å². The fourth-order valence-electron chi connectivity index (χ4n) is 10.2. The first-order valence-corrected chi connectivity index (χ1v) is 33.3. The molecular formula is C68H128O6. The van der Waals surface area contributed by atoms with Gasteiger partial charge in [-0.2, -0.15) is 0 Å². The summed E-state index contributed by atoms with van der Waals surface area (Å²) in [5.74, 6) is -0.853. The first-order valence-electron chi connectivity index (χ1n) is 33.3. The van der Waals surface area contributed by atoms with Gasteiger partial charge in [0.05, 0.1) is 0 Å². The lowest BCUT2D eigenvalue weighted by atomic mass is 10.0. The monoisotopic (exact) mass is 1040 g/mol. The number of carbonyl (C=O) groups excluding carboxylic acids is 3. The van der Waals surface area contributed by atoms with Crippen molar-refractivity contribution in [1.29, 1.82) is 0 Å². The van der Waals surface area contributed by atoms with Crippen LogP contribution in [0.1, 0.15) is 374 Å². The molecule has 0 aliphatic rings. The molecular weight excluding hydrogens is 913 g/mol. The van der Waals surface area contributed by atoms with Gasteiger partial charge in [0.1, 0.15) is 13.2 Å². The normalized spacial score (nSPS) is 12.1. The molecule has 0 heterocycles. The fraction of sp³-hybridized carbons (Fsp3) is 0.897. The summed E-state index contributed by atoms with van der Waals surface area (Å²) in [4.78, 5) is 38.2. The second-order valence-corrected chi connectivity index (χ2v) is 22.7. The van der Waals surface area contributed by atoms with Gasteiger partial charge in [-0.25, -0.2) is 0 Å². The second kappa shape index (κ2) is 63.4. The van der Waals surface area contributed by atoms with Crippen molar-refractivity contribution in [3.05, 3.63) is 24.3 Å². The third-order valence-electron chi connectivity index (χ3n) is 15.2. The van der Waals surface area contributed by atoms with Crippen LogP contribution < -0.4 is 0 Å². The summed E-state index contributed by atoms with van der Waals surface area (Å²) in [7, 11) is 0. The van der Waals surface area contributed by atoms with E-state index in [0.29, 0.717) is 19.3 Å². The Labute approximate surface area is 462 Å². The fourth-order valence-corrected chi connectivity index (χ4v) is 10.2. The Balaban J connectivity index is 4.09. The van der Waals surface area contributed by atoms with Gasteiger partial charge < -0.3 is 14.2 Å². The van der Waals surface area contributed by atoms with Crippen LogP contribution in [0.5, 0.6) is 0 Å². The molecule has 0 bridgehead atoms. The lowest BCUT2D eigenvalue weighted by molar-refractivity contribution is -0.167. The number of unbranched alkanes of at least 4 members (excludes halogenated alkanes) is 47. The molecule has 1 atom stereocenters. The molecule has 0 rings (SSSR count). The van der Waals surface area contributed by atoms with Crippen LogP contribution in [-0.4, -0.2) is 37.2 Å². The molecule has 0 aromatic heterocycles. The summed E-state index contributed by atoms with van der Waals surface area (Å²) in [6, 6.07) is 0.